The van der Waals surface area contributed by atoms with Crippen LogP contribution >= 0.6 is 0 Å². The minimum Gasteiger partial charge on any atom is -0.440 e. The maximum Gasteiger partial charge on any atom is 0.422 e. The van der Waals surface area contributed by atoms with E-state index >= 15 is 0 Å². The van der Waals surface area contributed by atoms with Crippen LogP contribution in [-0.4, -0.2) is 44.4 Å². The number of pyridine rings is 1. The number of aromatic nitrogens is 4. The number of H-pyrrole nitrogens is 1. The highest BCUT2D eigenvalue weighted by atomic mass is 19.4. The highest BCUT2D eigenvalue weighted by Gasteiger charge is 2.32. The molecule has 0 bridgehead atoms. The third-order valence-electron chi connectivity index (χ3n) is 4.87. The highest BCUT2D eigenvalue weighted by Crippen LogP contribution is 2.36. The molecule has 7 nitrogen and oxygen atoms in total. The highest BCUT2D eigenvalue weighted by molar-refractivity contribution is 6.01. The van der Waals surface area contributed by atoms with E-state index in [4.69, 9.17) is 0 Å². The molecule has 0 aromatic carbocycles. The van der Waals surface area contributed by atoms with E-state index in [1.54, 1.807) is 6.20 Å². The first kappa shape index (κ1) is 17.6. The predicted octanol–water partition coefficient (Wildman–Crippen LogP) is 3.60. The second-order valence-electron chi connectivity index (χ2n) is 6.76. The van der Waals surface area contributed by atoms with Gasteiger partial charge in [-0.3, -0.25) is 0 Å². The van der Waals surface area contributed by atoms with E-state index in [1.807, 2.05) is 19.2 Å². The van der Waals surface area contributed by atoms with Crippen LogP contribution in [0.15, 0.2) is 18.5 Å². The number of rotatable bonds is 3. The Morgan fingerprint density at radius 2 is 2.26 bits per heavy atom. The molecule has 3 aromatic heterocycles. The van der Waals surface area contributed by atoms with Gasteiger partial charge in [0.2, 0.25) is 0 Å². The predicted molar refractivity (Wildman–Crippen MR) is 91.3 cm³/mol. The Bertz CT molecular complexity index is 994. The maximum absolute atomic E-state index is 12.1. The lowest BCUT2D eigenvalue weighted by Gasteiger charge is -2.17. The van der Waals surface area contributed by atoms with E-state index in [1.165, 1.54) is 0 Å². The summed E-state index contributed by atoms with van der Waals surface area (Å²) in [6.07, 6.45) is 0.00950. The zero-order valence-corrected chi connectivity index (χ0v) is 14.5. The van der Waals surface area contributed by atoms with Crippen LogP contribution in [0.1, 0.15) is 31.1 Å². The number of aromatic amines is 1. The van der Waals surface area contributed by atoms with E-state index in [2.05, 4.69) is 29.6 Å². The third kappa shape index (κ3) is 3.43. The molecule has 144 valence electrons. The molecule has 1 aliphatic rings. The van der Waals surface area contributed by atoms with E-state index < -0.39 is 18.9 Å². The fourth-order valence-electron chi connectivity index (χ4n) is 3.83. The van der Waals surface area contributed by atoms with Gasteiger partial charge in [0.25, 0.3) is 0 Å². The van der Waals surface area contributed by atoms with Crippen LogP contribution in [-0.2, 0) is 4.74 Å². The molecule has 4 rings (SSSR count). The number of amides is 1. The standard InChI is InChI=1S/C17H18F3N5O2/c1-9-23-13-7-22-15-12(4-5-21-15)14(13)25(9)11-3-2-10(6-11)24-16(26)27-8-17(18,19)20/h4-5,7,10-11H,2-3,6,8H2,1H3,(H,21,22)(H,24,26)/t10-,11+/m1/s1. The number of alkyl halides is 3. The number of carbonyl (C=O) groups is 1. The van der Waals surface area contributed by atoms with Crippen LogP contribution in [0, 0.1) is 6.92 Å². The molecule has 27 heavy (non-hydrogen) atoms. The van der Waals surface area contributed by atoms with Gasteiger partial charge in [-0.25, -0.2) is 14.8 Å². The monoisotopic (exact) mass is 381 g/mol. The Labute approximate surface area is 151 Å². The van der Waals surface area contributed by atoms with Crippen LogP contribution < -0.4 is 5.32 Å². The second kappa shape index (κ2) is 6.43. The smallest absolute Gasteiger partial charge is 0.422 e. The molecular formula is C17H18F3N5O2. The van der Waals surface area contributed by atoms with Gasteiger partial charge in [-0.2, -0.15) is 13.2 Å². The van der Waals surface area contributed by atoms with Gasteiger partial charge < -0.3 is 19.6 Å². The molecule has 10 heteroatoms. The third-order valence-corrected chi connectivity index (χ3v) is 4.87. The number of halogens is 3. The van der Waals surface area contributed by atoms with Crippen molar-refractivity contribution in [2.75, 3.05) is 6.61 Å². The van der Waals surface area contributed by atoms with Gasteiger partial charge in [0.05, 0.1) is 11.7 Å². The fourth-order valence-corrected chi connectivity index (χ4v) is 3.83. The molecule has 0 saturated heterocycles. The molecule has 2 atom stereocenters. The minimum atomic E-state index is -4.53. The average Bonchev–Trinajstić information content (AvgIpc) is 3.29. The normalized spacial score (nSPS) is 20.4. The average molecular weight is 381 g/mol. The molecule has 0 aliphatic heterocycles. The van der Waals surface area contributed by atoms with Crippen molar-refractivity contribution in [2.45, 2.75) is 44.4 Å². The zero-order valence-electron chi connectivity index (χ0n) is 14.5. The van der Waals surface area contributed by atoms with E-state index in [9.17, 15) is 18.0 Å². The fraction of sp³-hybridized carbons (Fsp3) is 0.471. The van der Waals surface area contributed by atoms with E-state index in [0.29, 0.717) is 12.8 Å². The SMILES string of the molecule is Cc1nc2cnc3[nH]ccc3c2n1[C@H]1CC[C@@H](NC(=O)OCC(F)(F)F)C1. The summed E-state index contributed by atoms with van der Waals surface area (Å²) in [6.45, 7) is 0.329. The number of hydrogen-bond donors (Lipinski definition) is 2. The number of hydrogen-bond acceptors (Lipinski definition) is 4. The van der Waals surface area contributed by atoms with Gasteiger partial charge in [-0.1, -0.05) is 0 Å². The van der Waals surface area contributed by atoms with Gasteiger partial charge in [0.15, 0.2) is 6.61 Å². The molecule has 1 amide bonds. The van der Waals surface area contributed by atoms with E-state index in [0.717, 1.165) is 34.3 Å². The minimum absolute atomic E-state index is 0.0865. The number of nitrogens with zero attached hydrogens (tertiary/aromatic N) is 3. The molecule has 1 saturated carbocycles. The summed E-state index contributed by atoms with van der Waals surface area (Å²) in [4.78, 5) is 23.6. The topological polar surface area (TPSA) is 84.8 Å². The molecular weight excluding hydrogens is 363 g/mol. The number of imidazole rings is 1. The van der Waals surface area contributed by atoms with Crippen molar-refractivity contribution in [1.82, 2.24) is 24.8 Å². The number of ether oxygens (including phenoxy) is 1. The molecule has 3 aromatic rings. The van der Waals surface area contributed by atoms with Crippen molar-refractivity contribution < 1.29 is 22.7 Å². The lowest BCUT2D eigenvalue weighted by Crippen LogP contribution is -2.35. The zero-order chi connectivity index (χ0) is 19.2. The molecule has 2 N–H and O–H groups in total. The van der Waals surface area contributed by atoms with Crippen LogP contribution in [0.5, 0.6) is 0 Å². The summed E-state index contributed by atoms with van der Waals surface area (Å²) in [7, 11) is 0. The molecule has 0 spiro atoms. The van der Waals surface area contributed by atoms with Crippen molar-refractivity contribution in [2.24, 2.45) is 0 Å². The summed E-state index contributed by atoms with van der Waals surface area (Å²) < 4.78 is 42.8. The van der Waals surface area contributed by atoms with Crippen LogP contribution in [0.2, 0.25) is 0 Å². The van der Waals surface area contributed by atoms with Crippen molar-refractivity contribution in [3.05, 3.63) is 24.3 Å². The number of aryl methyl sites for hydroxylation is 1. The van der Waals surface area contributed by atoms with Gasteiger partial charge >= 0.3 is 12.3 Å². The molecule has 0 unspecified atom stereocenters. The summed E-state index contributed by atoms with van der Waals surface area (Å²) in [6, 6.07) is 1.79. The first-order valence-corrected chi connectivity index (χ1v) is 8.62. The summed E-state index contributed by atoms with van der Waals surface area (Å²) in [5.74, 6) is 0.839. The number of fused-ring (bicyclic) bond motifs is 3. The van der Waals surface area contributed by atoms with Crippen LogP contribution in [0.3, 0.4) is 0 Å². The quantitative estimate of drug-likeness (QED) is 0.726. The maximum atomic E-state index is 12.1. The molecule has 1 aliphatic carbocycles. The number of carbonyl (C=O) groups excluding carboxylic acids is 1. The Hall–Kier alpha value is -2.78. The van der Waals surface area contributed by atoms with E-state index in [-0.39, 0.29) is 12.1 Å². The summed E-state index contributed by atoms with van der Waals surface area (Å²) in [5, 5.41) is 3.50. The summed E-state index contributed by atoms with van der Waals surface area (Å²) in [5.41, 5.74) is 2.54. The lowest BCUT2D eigenvalue weighted by atomic mass is 10.2. The Morgan fingerprint density at radius 1 is 1.44 bits per heavy atom. The van der Waals surface area contributed by atoms with Crippen LogP contribution in [0.25, 0.3) is 22.1 Å². The van der Waals surface area contributed by atoms with Crippen molar-refractivity contribution in [1.29, 1.82) is 0 Å². The Kier molecular flexibility index (Phi) is 4.20. The van der Waals surface area contributed by atoms with Gasteiger partial charge in [0.1, 0.15) is 17.0 Å². The van der Waals surface area contributed by atoms with Gasteiger partial charge in [-0.05, 0) is 32.3 Å². The Balaban J connectivity index is 1.52. The first-order chi connectivity index (χ1) is 12.8. The first-order valence-electron chi connectivity index (χ1n) is 8.62. The number of nitrogens with one attached hydrogen (secondary N) is 2. The summed E-state index contributed by atoms with van der Waals surface area (Å²) >= 11 is 0. The van der Waals surface area contributed by atoms with Gasteiger partial charge in [0, 0.05) is 23.7 Å². The second-order valence-corrected chi connectivity index (χ2v) is 6.76. The van der Waals surface area contributed by atoms with Crippen LogP contribution in [0.4, 0.5) is 18.0 Å². The molecule has 1 fully saturated rings. The molecule has 0 radical (unpaired) electrons. The Morgan fingerprint density at radius 3 is 3.04 bits per heavy atom. The largest absolute Gasteiger partial charge is 0.440 e. The number of alkyl carbamates (subject to hydrolysis) is 1. The van der Waals surface area contributed by atoms with Crippen molar-refractivity contribution in [3.63, 3.8) is 0 Å². The van der Waals surface area contributed by atoms with Crippen molar-refractivity contribution in [3.8, 4) is 0 Å². The van der Waals surface area contributed by atoms with Crippen molar-refractivity contribution >= 4 is 28.2 Å². The lowest BCUT2D eigenvalue weighted by molar-refractivity contribution is -0.160. The van der Waals surface area contributed by atoms with Gasteiger partial charge in [-0.15, -0.1) is 0 Å². The molecule has 3 heterocycles.